The van der Waals surface area contributed by atoms with Crippen molar-refractivity contribution in [2.24, 2.45) is 11.8 Å². The summed E-state index contributed by atoms with van der Waals surface area (Å²) in [5, 5.41) is 9.14. The van der Waals surface area contributed by atoms with E-state index in [1.165, 1.54) is 5.56 Å². The van der Waals surface area contributed by atoms with Crippen LogP contribution in [-0.4, -0.2) is 36.2 Å². The molecule has 4 nitrogen and oxygen atoms in total. The van der Waals surface area contributed by atoms with Crippen LogP contribution in [-0.2, 0) is 11.3 Å². The minimum Gasteiger partial charge on any atom is -0.496 e. The molecular weight excluding hydrogens is 242 g/mol. The zero-order valence-electron chi connectivity index (χ0n) is 11.7. The fourth-order valence-corrected chi connectivity index (χ4v) is 2.81. The first-order chi connectivity index (χ1) is 9.01. The summed E-state index contributed by atoms with van der Waals surface area (Å²) in [5.74, 6) is 0.194. The number of hydrogen-bond donors (Lipinski definition) is 1. The smallest absolute Gasteiger partial charge is 0.308 e. The SMILES string of the molecule is COc1ccc(CN2C[C@@H](C)[C@H](C(=O)O)C2)cc1C. The number of carboxylic acid groups (broad SMARTS) is 1. The van der Waals surface area contributed by atoms with Gasteiger partial charge >= 0.3 is 5.97 Å². The van der Waals surface area contributed by atoms with Gasteiger partial charge in [-0.05, 0) is 30.0 Å². The lowest BCUT2D eigenvalue weighted by atomic mass is 9.99. The van der Waals surface area contributed by atoms with E-state index in [1.807, 2.05) is 26.0 Å². The number of carboxylic acids is 1. The number of rotatable bonds is 4. The molecule has 1 aliphatic rings. The van der Waals surface area contributed by atoms with Crippen molar-refractivity contribution in [2.75, 3.05) is 20.2 Å². The average molecular weight is 263 g/mol. The van der Waals surface area contributed by atoms with Crippen molar-refractivity contribution in [2.45, 2.75) is 20.4 Å². The van der Waals surface area contributed by atoms with Gasteiger partial charge in [0.2, 0.25) is 0 Å². The second-order valence-corrected chi connectivity index (χ2v) is 5.42. The Kier molecular flexibility index (Phi) is 4.10. The molecule has 4 heteroatoms. The lowest BCUT2D eigenvalue weighted by molar-refractivity contribution is -0.142. The number of nitrogens with zero attached hydrogens (tertiary/aromatic N) is 1. The number of aliphatic carboxylic acids is 1. The Hall–Kier alpha value is -1.55. The summed E-state index contributed by atoms with van der Waals surface area (Å²) in [4.78, 5) is 13.3. The van der Waals surface area contributed by atoms with E-state index in [2.05, 4.69) is 11.0 Å². The molecule has 1 N–H and O–H groups in total. The summed E-state index contributed by atoms with van der Waals surface area (Å²) in [5.41, 5.74) is 2.32. The van der Waals surface area contributed by atoms with Gasteiger partial charge in [-0.2, -0.15) is 0 Å². The Labute approximate surface area is 114 Å². The van der Waals surface area contributed by atoms with Crippen LogP contribution in [0.2, 0.25) is 0 Å². The molecule has 2 rings (SSSR count). The molecule has 1 aromatic carbocycles. The van der Waals surface area contributed by atoms with Crippen molar-refractivity contribution in [3.8, 4) is 5.75 Å². The Bertz CT molecular complexity index is 472. The van der Waals surface area contributed by atoms with Crippen molar-refractivity contribution < 1.29 is 14.6 Å². The summed E-state index contributed by atoms with van der Waals surface area (Å²) in [7, 11) is 1.67. The molecule has 2 atom stereocenters. The van der Waals surface area contributed by atoms with Gasteiger partial charge in [0.1, 0.15) is 5.75 Å². The van der Waals surface area contributed by atoms with Crippen LogP contribution in [0.5, 0.6) is 5.75 Å². The molecule has 0 bridgehead atoms. The highest BCUT2D eigenvalue weighted by atomic mass is 16.5. The van der Waals surface area contributed by atoms with E-state index in [9.17, 15) is 4.79 Å². The lowest BCUT2D eigenvalue weighted by Crippen LogP contribution is -2.23. The second kappa shape index (κ2) is 5.61. The lowest BCUT2D eigenvalue weighted by Gasteiger charge is -2.16. The van der Waals surface area contributed by atoms with Crippen LogP contribution in [0.3, 0.4) is 0 Å². The van der Waals surface area contributed by atoms with Crippen LogP contribution in [0.25, 0.3) is 0 Å². The van der Waals surface area contributed by atoms with E-state index in [0.29, 0.717) is 6.54 Å². The molecule has 1 heterocycles. The molecular formula is C15H21NO3. The topological polar surface area (TPSA) is 49.8 Å². The molecule has 0 amide bonds. The highest BCUT2D eigenvalue weighted by molar-refractivity contribution is 5.71. The predicted molar refractivity (Wildman–Crippen MR) is 73.3 cm³/mol. The third-order valence-corrected chi connectivity index (χ3v) is 3.87. The number of aryl methyl sites for hydroxylation is 1. The molecule has 0 spiro atoms. The number of hydrogen-bond acceptors (Lipinski definition) is 3. The molecule has 1 aliphatic heterocycles. The molecule has 0 saturated carbocycles. The van der Waals surface area contributed by atoms with Crippen molar-refractivity contribution in [3.05, 3.63) is 29.3 Å². The van der Waals surface area contributed by atoms with Crippen molar-refractivity contribution in [1.82, 2.24) is 4.90 Å². The minimum atomic E-state index is -0.680. The quantitative estimate of drug-likeness (QED) is 0.904. The number of likely N-dealkylation sites (tertiary alicyclic amines) is 1. The van der Waals surface area contributed by atoms with Crippen molar-refractivity contribution in [3.63, 3.8) is 0 Å². The fraction of sp³-hybridized carbons (Fsp3) is 0.533. The van der Waals surface area contributed by atoms with Crippen LogP contribution in [0.1, 0.15) is 18.1 Å². The van der Waals surface area contributed by atoms with Crippen molar-refractivity contribution >= 4 is 5.97 Å². The van der Waals surface area contributed by atoms with Crippen LogP contribution in [0.15, 0.2) is 18.2 Å². The second-order valence-electron chi connectivity index (χ2n) is 5.42. The van der Waals surface area contributed by atoms with Crippen LogP contribution in [0.4, 0.5) is 0 Å². The molecule has 0 aromatic heterocycles. The summed E-state index contributed by atoms with van der Waals surface area (Å²) in [6.45, 7) is 6.33. The van der Waals surface area contributed by atoms with Gasteiger partial charge in [0.05, 0.1) is 13.0 Å². The maximum atomic E-state index is 11.1. The number of carbonyl (C=O) groups is 1. The highest BCUT2D eigenvalue weighted by Crippen LogP contribution is 2.26. The fourth-order valence-electron chi connectivity index (χ4n) is 2.81. The first-order valence-corrected chi connectivity index (χ1v) is 6.60. The third-order valence-electron chi connectivity index (χ3n) is 3.87. The molecule has 1 aromatic rings. The van der Waals surface area contributed by atoms with E-state index in [-0.39, 0.29) is 11.8 Å². The van der Waals surface area contributed by atoms with Gasteiger partial charge in [-0.1, -0.05) is 19.1 Å². The third kappa shape index (κ3) is 3.07. The van der Waals surface area contributed by atoms with E-state index >= 15 is 0 Å². The van der Waals surface area contributed by atoms with E-state index in [0.717, 1.165) is 24.4 Å². The molecule has 1 saturated heterocycles. The summed E-state index contributed by atoms with van der Waals surface area (Å²) in [6, 6.07) is 6.13. The van der Waals surface area contributed by atoms with E-state index < -0.39 is 5.97 Å². The Morgan fingerprint density at radius 1 is 1.47 bits per heavy atom. The average Bonchev–Trinajstić information content (AvgIpc) is 2.70. The van der Waals surface area contributed by atoms with Gasteiger partial charge in [0, 0.05) is 19.6 Å². The van der Waals surface area contributed by atoms with Gasteiger partial charge in [0.15, 0.2) is 0 Å². The molecule has 104 valence electrons. The van der Waals surface area contributed by atoms with Gasteiger partial charge in [-0.3, -0.25) is 9.69 Å². The molecule has 19 heavy (non-hydrogen) atoms. The molecule has 0 unspecified atom stereocenters. The Balaban J connectivity index is 2.03. The number of ether oxygens (including phenoxy) is 1. The largest absolute Gasteiger partial charge is 0.496 e. The van der Waals surface area contributed by atoms with Gasteiger partial charge in [-0.25, -0.2) is 0 Å². The predicted octanol–water partition coefficient (Wildman–Crippen LogP) is 2.16. The molecule has 0 radical (unpaired) electrons. The van der Waals surface area contributed by atoms with E-state index in [1.54, 1.807) is 7.11 Å². The minimum absolute atomic E-state index is 0.219. The zero-order valence-corrected chi connectivity index (χ0v) is 11.7. The standard InChI is InChI=1S/C15H21NO3/c1-10-6-12(4-5-14(10)19-3)8-16-7-11(2)13(9-16)15(17)18/h4-6,11,13H,7-9H2,1-3H3,(H,17,18)/t11-,13-/m1/s1. The Morgan fingerprint density at radius 3 is 2.74 bits per heavy atom. The highest BCUT2D eigenvalue weighted by Gasteiger charge is 2.34. The number of methoxy groups -OCH3 is 1. The van der Waals surface area contributed by atoms with Crippen LogP contribution < -0.4 is 4.74 Å². The summed E-state index contributed by atoms with van der Waals surface area (Å²) >= 11 is 0. The van der Waals surface area contributed by atoms with Gasteiger partial charge in [-0.15, -0.1) is 0 Å². The monoisotopic (exact) mass is 263 g/mol. The van der Waals surface area contributed by atoms with Gasteiger partial charge in [0.25, 0.3) is 0 Å². The normalized spacial score (nSPS) is 23.5. The maximum Gasteiger partial charge on any atom is 0.308 e. The maximum absolute atomic E-state index is 11.1. The Morgan fingerprint density at radius 2 is 2.21 bits per heavy atom. The summed E-state index contributed by atoms with van der Waals surface area (Å²) in [6.07, 6.45) is 0. The first-order valence-electron chi connectivity index (χ1n) is 6.60. The van der Waals surface area contributed by atoms with Crippen LogP contribution >= 0.6 is 0 Å². The number of benzene rings is 1. The van der Waals surface area contributed by atoms with E-state index in [4.69, 9.17) is 9.84 Å². The first kappa shape index (κ1) is 13.9. The van der Waals surface area contributed by atoms with Crippen LogP contribution in [0, 0.1) is 18.8 Å². The zero-order chi connectivity index (χ0) is 14.0. The molecule has 0 aliphatic carbocycles. The molecule has 1 fully saturated rings. The summed E-state index contributed by atoms with van der Waals surface area (Å²) < 4.78 is 5.24. The van der Waals surface area contributed by atoms with Gasteiger partial charge < -0.3 is 9.84 Å². The van der Waals surface area contributed by atoms with Crippen molar-refractivity contribution in [1.29, 1.82) is 0 Å².